The number of hydrogen-bond acceptors (Lipinski definition) is 4. The molecule has 0 aliphatic carbocycles. The van der Waals surface area contributed by atoms with Crippen molar-refractivity contribution in [3.8, 4) is 11.8 Å². The first-order valence-electron chi connectivity index (χ1n) is 5.78. The largest absolute Gasteiger partial charge is 0.378 e. The monoisotopic (exact) mass is 227 g/mol. The zero-order valence-corrected chi connectivity index (χ0v) is 10.0. The van der Waals surface area contributed by atoms with Crippen LogP contribution in [0.1, 0.15) is 6.92 Å². The van der Waals surface area contributed by atoms with Gasteiger partial charge in [-0.25, -0.2) is 0 Å². The minimum absolute atomic E-state index is 0.651. The van der Waals surface area contributed by atoms with Gasteiger partial charge in [-0.15, -0.1) is 5.92 Å². The van der Waals surface area contributed by atoms with Crippen molar-refractivity contribution in [3.63, 3.8) is 0 Å². The maximum Gasteiger partial charge on any atom is 0.0701 e. The Morgan fingerprint density at radius 1 is 0.875 bits per heavy atom. The fourth-order valence-corrected chi connectivity index (χ4v) is 1.39. The molecule has 1 saturated heterocycles. The second-order valence-electron chi connectivity index (χ2n) is 3.54. The lowest BCUT2D eigenvalue weighted by Gasteiger charge is -2.20. The van der Waals surface area contributed by atoms with Crippen LogP contribution in [-0.4, -0.2) is 64.2 Å². The quantitative estimate of drug-likeness (QED) is 0.606. The summed E-state index contributed by atoms with van der Waals surface area (Å²) in [6.07, 6.45) is 0. The zero-order valence-electron chi connectivity index (χ0n) is 10.0. The van der Waals surface area contributed by atoms with Crippen LogP contribution in [0.25, 0.3) is 0 Å². The molecule has 0 unspecified atom stereocenters. The summed E-state index contributed by atoms with van der Waals surface area (Å²) in [4.78, 5) is 2.25. The lowest BCUT2D eigenvalue weighted by molar-refractivity contribution is -0.00418. The van der Waals surface area contributed by atoms with Crippen LogP contribution in [0.2, 0.25) is 0 Å². The smallest absolute Gasteiger partial charge is 0.0701 e. The Morgan fingerprint density at radius 3 is 1.88 bits per heavy atom. The SMILES string of the molecule is CC#CCN1CCOCCOCCOCC1. The van der Waals surface area contributed by atoms with E-state index in [2.05, 4.69) is 16.7 Å². The Morgan fingerprint density at radius 2 is 1.38 bits per heavy atom. The van der Waals surface area contributed by atoms with Crippen molar-refractivity contribution in [2.45, 2.75) is 6.92 Å². The van der Waals surface area contributed by atoms with Crippen molar-refractivity contribution >= 4 is 0 Å². The minimum Gasteiger partial charge on any atom is -0.378 e. The zero-order chi connectivity index (χ0) is 11.5. The van der Waals surface area contributed by atoms with Gasteiger partial charge >= 0.3 is 0 Å². The van der Waals surface area contributed by atoms with Crippen molar-refractivity contribution < 1.29 is 14.2 Å². The molecule has 0 amide bonds. The first-order chi connectivity index (χ1) is 7.93. The van der Waals surface area contributed by atoms with Crippen molar-refractivity contribution in [3.05, 3.63) is 0 Å². The van der Waals surface area contributed by atoms with Crippen molar-refractivity contribution in [1.82, 2.24) is 4.90 Å². The molecule has 0 aromatic rings. The van der Waals surface area contributed by atoms with Gasteiger partial charge in [-0.1, -0.05) is 5.92 Å². The van der Waals surface area contributed by atoms with Gasteiger partial charge < -0.3 is 14.2 Å². The summed E-state index contributed by atoms with van der Waals surface area (Å²) in [5, 5.41) is 0. The Bertz CT molecular complexity index is 210. The predicted octanol–water partition coefficient (Wildman–Crippen LogP) is 0.375. The van der Waals surface area contributed by atoms with E-state index >= 15 is 0 Å². The molecular weight excluding hydrogens is 206 g/mol. The highest BCUT2D eigenvalue weighted by atomic mass is 16.5. The van der Waals surface area contributed by atoms with E-state index in [0.717, 1.165) is 32.8 Å². The van der Waals surface area contributed by atoms with Crippen LogP contribution >= 0.6 is 0 Å². The van der Waals surface area contributed by atoms with Crippen LogP contribution in [0.3, 0.4) is 0 Å². The van der Waals surface area contributed by atoms with Gasteiger partial charge in [-0.05, 0) is 6.92 Å². The highest BCUT2D eigenvalue weighted by molar-refractivity contribution is 4.97. The van der Waals surface area contributed by atoms with Crippen LogP contribution in [-0.2, 0) is 14.2 Å². The maximum absolute atomic E-state index is 5.46. The van der Waals surface area contributed by atoms with Crippen LogP contribution in [0.5, 0.6) is 0 Å². The molecule has 0 N–H and O–H groups in total. The molecule has 0 bridgehead atoms. The first kappa shape index (κ1) is 13.5. The van der Waals surface area contributed by atoms with E-state index in [4.69, 9.17) is 14.2 Å². The molecule has 1 heterocycles. The standard InChI is InChI=1S/C12H21NO3/c1-2-3-4-13-5-7-14-9-11-16-12-10-15-8-6-13/h4-12H2,1H3. The molecular formula is C12H21NO3. The Labute approximate surface area is 97.8 Å². The highest BCUT2D eigenvalue weighted by Gasteiger charge is 2.04. The van der Waals surface area contributed by atoms with Crippen molar-refractivity contribution in [1.29, 1.82) is 0 Å². The van der Waals surface area contributed by atoms with Gasteiger partial charge in [0.1, 0.15) is 0 Å². The van der Waals surface area contributed by atoms with Gasteiger partial charge in [-0.3, -0.25) is 4.90 Å². The topological polar surface area (TPSA) is 30.9 Å². The molecule has 1 rings (SSSR count). The lowest BCUT2D eigenvalue weighted by atomic mass is 10.4. The predicted molar refractivity (Wildman–Crippen MR) is 62.3 cm³/mol. The average Bonchev–Trinajstić information content (AvgIpc) is 2.28. The number of rotatable bonds is 1. The average molecular weight is 227 g/mol. The highest BCUT2D eigenvalue weighted by Crippen LogP contribution is 1.91. The van der Waals surface area contributed by atoms with E-state index in [0.29, 0.717) is 26.4 Å². The molecule has 16 heavy (non-hydrogen) atoms. The Hall–Kier alpha value is -0.600. The molecule has 0 aromatic heterocycles. The number of hydrogen-bond donors (Lipinski definition) is 0. The molecule has 4 nitrogen and oxygen atoms in total. The van der Waals surface area contributed by atoms with Crippen LogP contribution < -0.4 is 0 Å². The molecule has 0 saturated carbocycles. The summed E-state index contributed by atoms with van der Waals surface area (Å²) >= 11 is 0. The van der Waals surface area contributed by atoms with E-state index in [-0.39, 0.29) is 0 Å². The third-order valence-electron chi connectivity index (χ3n) is 2.33. The fraction of sp³-hybridized carbons (Fsp3) is 0.833. The van der Waals surface area contributed by atoms with E-state index in [9.17, 15) is 0 Å². The Balaban J connectivity index is 2.26. The van der Waals surface area contributed by atoms with Gasteiger partial charge in [0.2, 0.25) is 0 Å². The van der Waals surface area contributed by atoms with E-state index in [1.807, 2.05) is 6.92 Å². The van der Waals surface area contributed by atoms with Crippen LogP contribution in [0.15, 0.2) is 0 Å². The van der Waals surface area contributed by atoms with Crippen LogP contribution in [0, 0.1) is 11.8 Å². The summed E-state index contributed by atoms with van der Waals surface area (Å²) in [6.45, 7) is 8.54. The summed E-state index contributed by atoms with van der Waals surface area (Å²) < 4.78 is 16.2. The molecule has 1 aliphatic heterocycles. The minimum atomic E-state index is 0.651. The molecule has 1 fully saturated rings. The summed E-state index contributed by atoms with van der Waals surface area (Å²) in [7, 11) is 0. The summed E-state index contributed by atoms with van der Waals surface area (Å²) in [5.41, 5.74) is 0. The molecule has 0 aromatic carbocycles. The van der Waals surface area contributed by atoms with Gasteiger partial charge in [0.25, 0.3) is 0 Å². The normalized spacial score (nSPS) is 21.3. The molecule has 0 radical (unpaired) electrons. The molecule has 4 heteroatoms. The first-order valence-corrected chi connectivity index (χ1v) is 5.78. The second kappa shape index (κ2) is 9.61. The third kappa shape index (κ3) is 6.81. The number of ether oxygens (including phenoxy) is 3. The molecule has 1 aliphatic rings. The maximum atomic E-state index is 5.46. The van der Waals surface area contributed by atoms with Gasteiger partial charge in [0, 0.05) is 13.1 Å². The number of nitrogens with zero attached hydrogens (tertiary/aromatic N) is 1. The molecule has 0 spiro atoms. The van der Waals surface area contributed by atoms with Gasteiger partial charge in [0.05, 0.1) is 46.2 Å². The molecule has 0 atom stereocenters. The van der Waals surface area contributed by atoms with Crippen LogP contribution in [0.4, 0.5) is 0 Å². The van der Waals surface area contributed by atoms with E-state index in [1.54, 1.807) is 0 Å². The van der Waals surface area contributed by atoms with E-state index in [1.165, 1.54) is 0 Å². The lowest BCUT2D eigenvalue weighted by Crippen LogP contribution is -2.32. The van der Waals surface area contributed by atoms with Crippen molar-refractivity contribution in [2.24, 2.45) is 0 Å². The van der Waals surface area contributed by atoms with Gasteiger partial charge in [-0.2, -0.15) is 0 Å². The summed E-state index contributed by atoms with van der Waals surface area (Å²) in [6, 6.07) is 0. The third-order valence-corrected chi connectivity index (χ3v) is 2.33. The Kier molecular flexibility index (Phi) is 8.09. The van der Waals surface area contributed by atoms with E-state index < -0.39 is 0 Å². The van der Waals surface area contributed by atoms with Gasteiger partial charge in [0.15, 0.2) is 0 Å². The van der Waals surface area contributed by atoms with Crippen molar-refractivity contribution in [2.75, 3.05) is 59.3 Å². The molecule has 92 valence electrons. The fourth-order valence-electron chi connectivity index (χ4n) is 1.39. The summed E-state index contributed by atoms with van der Waals surface area (Å²) in [5.74, 6) is 5.98. The second-order valence-corrected chi connectivity index (χ2v) is 3.54.